The Bertz CT molecular complexity index is 1210. The van der Waals surface area contributed by atoms with Gasteiger partial charge in [-0.2, -0.15) is 0 Å². The summed E-state index contributed by atoms with van der Waals surface area (Å²) in [6.07, 6.45) is -0.646. The molecule has 3 atom stereocenters. The maximum Gasteiger partial charge on any atom is 0.337 e. The third-order valence-electron chi connectivity index (χ3n) is 6.41. The number of ether oxygens (including phenoxy) is 1. The van der Waals surface area contributed by atoms with Crippen molar-refractivity contribution in [2.75, 3.05) is 0 Å². The number of esters is 1. The van der Waals surface area contributed by atoms with Gasteiger partial charge in [0.05, 0.1) is 17.8 Å². The van der Waals surface area contributed by atoms with Crippen LogP contribution in [0.5, 0.6) is 0 Å². The van der Waals surface area contributed by atoms with Gasteiger partial charge in [0.15, 0.2) is 6.10 Å². The van der Waals surface area contributed by atoms with Crippen LogP contribution in [0.25, 0.3) is 5.70 Å². The predicted molar refractivity (Wildman–Crippen MR) is 146 cm³/mol. The van der Waals surface area contributed by atoms with E-state index in [1.54, 1.807) is 44.3 Å². The van der Waals surface area contributed by atoms with Crippen LogP contribution in [0.1, 0.15) is 52.7 Å². The number of amides is 3. The minimum absolute atomic E-state index is 0.0589. The first-order valence-corrected chi connectivity index (χ1v) is 13.1. The molecule has 1 aliphatic rings. The summed E-state index contributed by atoms with van der Waals surface area (Å²) < 4.78 is 5.30. The number of hydrogen-bond acceptors (Lipinski definition) is 6. The van der Waals surface area contributed by atoms with Gasteiger partial charge in [0, 0.05) is 25.6 Å². The Kier molecular flexibility index (Phi) is 9.64. The van der Waals surface area contributed by atoms with Gasteiger partial charge in [0.25, 0.3) is 5.91 Å². The Morgan fingerprint density at radius 1 is 0.949 bits per heavy atom. The van der Waals surface area contributed by atoms with Crippen LogP contribution in [-0.4, -0.2) is 68.0 Å². The van der Waals surface area contributed by atoms with Crippen molar-refractivity contribution in [3.05, 3.63) is 78.0 Å². The van der Waals surface area contributed by atoms with Crippen LogP contribution < -0.4 is 0 Å². The summed E-state index contributed by atoms with van der Waals surface area (Å²) in [4.78, 5) is 54.6. The summed E-state index contributed by atoms with van der Waals surface area (Å²) in [5, 5.41) is 13.6. The molecule has 39 heavy (non-hydrogen) atoms. The van der Waals surface area contributed by atoms with E-state index in [9.17, 15) is 24.3 Å². The lowest BCUT2D eigenvalue weighted by Gasteiger charge is -2.47. The molecule has 0 radical (unpaired) electrons. The summed E-state index contributed by atoms with van der Waals surface area (Å²) >= 11 is 0. The molecule has 208 valence electrons. The van der Waals surface area contributed by atoms with Crippen molar-refractivity contribution in [1.29, 1.82) is 0 Å². The van der Waals surface area contributed by atoms with Crippen molar-refractivity contribution in [3.63, 3.8) is 0 Å². The van der Waals surface area contributed by atoms with Crippen molar-refractivity contribution in [2.24, 2.45) is 5.92 Å². The number of nitrogens with zero attached hydrogens (tertiary/aromatic N) is 3. The summed E-state index contributed by atoms with van der Waals surface area (Å²) in [5.74, 6) is -2.63. The third-order valence-corrected chi connectivity index (χ3v) is 6.41. The molecular formula is C30H37N3O6. The molecule has 0 saturated carbocycles. The number of aliphatic hydroxyl groups excluding tert-OH is 1. The Morgan fingerprint density at radius 2 is 1.51 bits per heavy atom. The van der Waals surface area contributed by atoms with Crippen LogP contribution in [0.2, 0.25) is 0 Å². The van der Waals surface area contributed by atoms with Crippen LogP contribution in [0.15, 0.2) is 66.9 Å². The predicted octanol–water partition coefficient (Wildman–Crippen LogP) is 3.39. The standard InChI is InChI=1S/C30H37N3O6/c1-19(2)27-29(37)33(26(18-31(27)21(5)34)24-15-11-8-12-16-24)32(22(6)35)25(17-23-13-9-7-10-14-23)28(36)30(38)39-20(3)4/h7-16,18-20,25,27-28,36H,17H2,1-6H3/t25-,27-,28?/m0/s1. The van der Waals surface area contributed by atoms with Gasteiger partial charge >= 0.3 is 5.97 Å². The highest BCUT2D eigenvalue weighted by atomic mass is 16.6. The quantitative estimate of drug-likeness (QED) is 0.494. The van der Waals surface area contributed by atoms with E-state index in [0.29, 0.717) is 5.56 Å². The maximum absolute atomic E-state index is 14.2. The minimum Gasteiger partial charge on any atom is -0.461 e. The second-order valence-corrected chi connectivity index (χ2v) is 10.2. The Balaban J connectivity index is 2.24. The molecule has 0 aromatic heterocycles. The molecule has 0 bridgehead atoms. The van der Waals surface area contributed by atoms with E-state index < -0.39 is 42.1 Å². The molecule has 1 heterocycles. The second-order valence-electron chi connectivity index (χ2n) is 10.2. The molecule has 1 N–H and O–H groups in total. The normalized spacial score (nSPS) is 17.1. The molecule has 2 aromatic carbocycles. The number of benzene rings is 2. The van der Waals surface area contributed by atoms with Gasteiger partial charge in [0.2, 0.25) is 11.8 Å². The van der Waals surface area contributed by atoms with Crippen LogP contribution in [0, 0.1) is 5.92 Å². The average Bonchev–Trinajstić information content (AvgIpc) is 2.88. The van der Waals surface area contributed by atoms with Crippen molar-refractivity contribution in [3.8, 4) is 0 Å². The number of carbonyl (C=O) groups is 4. The smallest absolute Gasteiger partial charge is 0.337 e. The van der Waals surface area contributed by atoms with Gasteiger partial charge in [-0.25, -0.2) is 14.8 Å². The summed E-state index contributed by atoms with van der Waals surface area (Å²) in [6, 6.07) is 15.9. The molecule has 1 aliphatic heterocycles. The third kappa shape index (κ3) is 6.72. The van der Waals surface area contributed by atoms with E-state index in [2.05, 4.69) is 0 Å². The zero-order valence-electron chi connectivity index (χ0n) is 23.3. The zero-order valence-corrected chi connectivity index (χ0v) is 23.3. The number of aliphatic hydroxyl groups is 1. The van der Waals surface area contributed by atoms with E-state index >= 15 is 0 Å². The topological polar surface area (TPSA) is 107 Å². The van der Waals surface area contributed by atoms with Gasteiger partial charge in [0.1, 0.15) is 6.04 Å². The Labute approximate surface area is 229 Å². The first kappa shape index (κ1) is 29.6. The highest BCUT2D eigenvalue weighted by molar-refractivity contribution is 5.98. The van der Waals surface area contributed by atoms with Crippen LogP contribution in [-0.2, 0) is 30.3 Å². The molecule has 9 nitrogen and oxygen atoms in total. The molecule has 1 unspecified atom stereocenters. The van der Waals surface area contributed by atoms with Crippen molar-refractivity contribution >= 4 is 29.4 Å². The lowest BCUT2D eigenvalue weighted by atomic mass is 9.96. The lowest BCUT2D eigenvalue weighted by molar-refractivity contribution is -0.178. The van der Waals surface area contributed by atoms with Crippen molar-refractivity contribution in [2.45, 2.75) is 72.3 Å². The van der Waals surface area contributed by atoms with E-state index in [1.165, 1.54) is 23.8 Å². The largest absolute Gasteiger partial charge is 0.461 e. The van der Waals surface area contributed by atoms with Gasteiger partial charge in [-0.3, -0.25) is 14.4 Å². The van der Waals surface area contributed by atoms with Gasteiger partial charge in [-0.15, -0.1) is 0 Å². The van der Waals surface area contributed by atoms with Crippen molar-refractivity contribution in [1.82, 2.24) is 14.9 Å². The van der Waals surface area contributed by atoms with Crippen LogP contribution in [0.3, 0.4) is 0 Å². The molecule has 0 spiro atoms. The highest BCUT2D eigenvalue weighted by Gasteiger charge is 2.47. The SMILES string of the molecule is CC(=O)N1C=C(c2ccccc2)N(N(C(C)=O)[C@@H](Cc2ccccc2)C(O)C(=O)OC(C)C)C(=O)[C@@H]1C(C)C. The lowest BCUT2D eigenvalue weighted by Crippen LogP contribution is -2.64. The summed E-state index contributed by atoms with van der Waals surface area (Å²) in [7, 11) is 0. The molecule has 0 saturated heterocycles. The molecule has 3 amide bonds. The minimum atomic E-state index is -1.76. The number of rotatable bonds is 9. The van der Waals surface area contributed by atoms with E-state index in [-0.39, 0.29) is 23.9 Å². The van der Waals surface area contributed by atoms with E-state index in [4.69, 9.17) is 4.74 Å². The highest BCUT2D eigenvalue weighted by Crippen LogP contribution is 2.33. The molecule has 0 aliphatic carbocycles. The average molecular weight is 536 g/mol. The molecular weight excluding hydrogens is 498 g/mol. The fourth-order valence-electron chi connectivity index (χ4n) is 4.72. The summed E-state index contributed by atoms with van der Waals surface area (Å²) in [6.45, 7) is 9.60. The fourth-order valence-corrected chi connectivity index (χ4v) is 4.72. The number of hydrogen-bond donors (Lipinski definition) is 1. The number of carbonyl (C=O) groups excluding carboxylic acids is 4. The fraction of sp³-hybridized carbons (Fsp3) is 0.400. The van der Waals surface area contributed by atoms with Gasteiger partial charge < -0.3 is 14.7 Å². The van der Waals surface area contributed by atoms with E-state index in [0.717, 1.165) is 10.6 Å². The molecule has 9 heteroatoms. The molecule has 0 fully saturated rings. The maximum atomic E-state index is 14.2. The van der Waals surface area contributed by atoms with Gasteiger partial charge in [-0.1, -0.05) is 74.5 Å². The second kappa shape index (κ2) is 12.7. The van der Waals surface area contributed by atoms with Gasteiger partial charge in [-0.05, 0) is 31.7 Å². The first-order chi connectivity index (χ1) is 18.4. The zero-order chi connectivity index (χ0) is 28.9. The van der Waals surface area contributed by atoms with Crippen molar-refractivity contribution < 1.29 is 29.0 Å². The monoisotopic (exact) mass is 535 g/mol. The van der Waals surface area contributed by atoms with Crippen LogP contribution in [0.4, 0.5) is 0 Å². The van der Waals surface area contributed by atoms with E-state index in [1.807, 2.05) is 50.2 Å². The van der Waals surface area contributed by atoms with Crippen LogP contribution >= 0.6 is 0 Å². The molecule has 3 rings (SSSR count). The molecule has 2 aromatic rings. The first-order valence-electron chi connectivity index (χ1n) is 13.1. The number of hydrazine groups is 1. The summed E-state index contributed by atoms with van der Waals surface area (Å²) in [5.41, 5.74) is 1.58. The Hall–Kier alpha value is -3.98. The Morgan fingerprint density at radius 3 is 2.00 bits per heavy atom.